The average molecular weight is 485 g/mol. The number of nitrogens with zero attached hydrogens (tertiary/aromatic N) is 1. The van der Waals surface area contributed by atoms with Crippen molar-refractivity contribution in [3.63, 3.8) is 0 Å². The number of sulfonamides is 1. The summed E-state index contributed by atoms with van der Waals surface area (Å²) in [4.78, 5) is 24.5. The van der Waals surface area contributed by atoms with Crippen LogP contribution in [0.2, 0.25) is 0 Å². The van der Waals surface area contributed by atoms with E-state index in [1.54, 1.807) is 24.3 Å². The van der Waals surface area contributed by atoms with Crippen molar-refractivity contribution in [3.8, 4) is 11.5 Å². The Balaban J connectivity index is 1.93. The molecule has 1 N–H and O–H groups in total. The van der Waals surface area contributed by atoms with Gasteiger partial charge < -0.3 is 19.5 Å². The molecule has 0 fully saturated rings. The van der Waals surface area contributed by atoms with E-state index in [9.17, 15) is 18.0 Å². The number of rotatable bonds is 9. The second-order valence-electron chi connectivity index (χ2n) is 6.98. The highest BCUT2D eigenvalue weighted by atomic mass is 32.2. The van der Waals surface area contributed by atoms with Crippen LogP contribution >= 0.6 is 0 Å². The van der Waals surface area contributed by atoms with Crippen LogP contribution in [0.4, 0.5) is 11.4 Å². The first-order chi connectivity index (χ1) is 16.3. The topological polar surface area (TPSA) is 111 Å². The normalized spacial score (nSPS) is 10.8. The van der Waals surface area contributed by atoms with Gasteiger partial charge >= 0.3 is 5.97 Å². The van der Waals surface area contributed by atoms with Gasteiger partial charge in [0.05, 0.1) is 37.5 Å². The van der Waals surface area contributed by atoms with E-state index in [0.717, 1.165) is 4.31 Å². The second-order valence-corrected chi connectivity index (χ2v) is 8.84. The van der Waals surface area contributed by atoms with Crippen LogP contribution in [-0.4, -0.2) is 48.2 Å². The van der Waals surface area contributed by atoms with E-state index in [4.69, 9.17) is 9.47 Å². The molecule has 0 aliphatic rings. The molecule has 34 heavy (non-hydrogen) atoms. The van der Waals surface area contributed by atoms with E-state index in [0.29, 0.717) is 22.7 Å². The zero-order valence-electron chi connectivity index (χ0n) is 18.8. The maximum Gasteiger partial charge on any atom is 0.337 e. The first-order valence-corrected chi connectivity index (χ1v) is 11.5. The monoisotopic (exact) mass is 484 g/mol. The molecule has 0 atom stereocenters. The van der Waals surface area contributed by atoms with Crippen LogP contribution in [0, 0.1) is 0 Å². The van der Waals surface area contributed by atoms with Crippen LogP contribution in [0.25, 0.3) is 0 Å². The number of ether oxygens (including phenoxy) is 3. The second kappa shape index (κ2) is 10.7. The fraction of sp³-hybridized carbons (Fsp3) is 0.167. The highest BCUT2D eigenvalue weighted by molar-refractivity contribution is 7.92. The minimum atomic E-state index is -4.09. The van der Waals surface area contributed by atoms with Gasteiger partial charge in [0.15, 0.2) is 11.5 Å². The van der Waals surface area contributed by atoms with Crippen LogP contribution in [-0.2, 0) is 19.6 Å². The lowest BCUT2D eigenvalue weighted by molar-refractivity contribution is -0.114. The number of amides is 1. The first kappa shape index (κ1) is 24.6. The fourth-order valence-electron chi connectivity index (χ4n) is 3.15. The summed E-state index contributed by atoms with van der Waals surface area (Å²) < 4.78 is 43.1. The van der Waals surface area contributed by atoms with Crippen LogP contribution < -0.4 is 19.1 Å². The summed E-state index contributed by atoms with van der Waals surface area (Å²) in [6.07, 6.45) is 0. The molecule has 9 nitrogen and oxygen atoms in total. The van der Waals surface area contributed by atoms with Crippen molar-refractivity contribution >= 4 is 33.3 Å². The molecule has 3 rings (SSSR count). The molecule has 178 valence electrons. The molecule has 0 heterocycles. The molecule has 0 radical (unpaired) electrons. The number of carbonyl (C=O) groups excluding carboxylic acids is 2. The number of esters is 1. The summed E-state index contributed by atoms with van der Waals surface area (Å²) in [5.41, 5.74) is 0.929. The Morgan fingerprint density at radius 2 is 1.50 bits per heavy atom. The van der Waals surface area contributed by atoms with Gasteiger partial charge in [-0.1, -0.05) is 18.2 Å². The van der Waals surface area contributed by atoms with Gasteiger partial charge in [0.1, 0.15) is 6.54 Å². The number of carbonyl (C=O) groups is 2. The summed E-state index contributed by atoms with van der Waals surface area (Å²) in [6, 6.07) is 18.4. The zero-order valence-corrected chi connectivity index (χ0v) is 19.7. The molecule has 0 aliphatic carbocycles. The van der Waals surface area contributed by atoms with E-state index in [1.807, 2.05) is 0 Å². The molecule has 0 saturated heterocycles. The van der Waals surface area contributed by atoms with Crippen molar-refractivity contribution in [3.05, 3.63) is 78.4 Å². The summed E-state index contributed by atoms with van der Waals surface area (Å²) in [6.45, 7) is -0.508. The molecule has 0 bridgehead atoms. The van der Waals surface area contributed by atoms with Gasteiger partial charge in [-0.2, -0.15) is 0 Å². The van der Waals surface area contributed by atoms with Crippen molar-refractivity contribution in [2.75, 3.05) is 37.5 Å². The Kier molecular flexibility index (Phi) is 7.75. The number of methoxy groups -OCH3 is 3. The number of hydrogen-bond donors (Lipinski definition) is 1. The standard InChI is InChI=1S/C24H24N2O7S/c1-31-21-14-13-19(15-22(21)32-2)26(34(29,30)20-7-5-4-6-8-20)16-23(27)25-18-11-9-17(10-12-18)24(28)33-3/h4-15H,16H2,1-3H3,(H,25,27). The summed E-state index contributed by atoms with van der Waals surface area (Å²) in [5, 5.41) is 2.65. The number of hydrogen-bond acceptors (Lipinski definition) is 7. The third kappa shape index (κ3) is 5.46. The molecule has 3 aromatic carbocycles. The SMILES string of the molecule is COC(=O)c1ccc(NC(=O)CN(c2ccc(OC)c(OC)c2)S(=O)(=O)c2ccccc2)cc1. The molecule has 0 aromatic heterocycles. The lowest BCUT2D eigenvalue weighted by Gasteiger charge is -2.25. The maximum absolute atomic E-state index is 13.4. The lowest BCUT2D eigenvalue weighted by Crippen LogP contribution is -2.38. The number of benzene rings is 3. The number of nitrogens with one attached hydrogen (secondary N) is 1. The van der Waals surface area contributed by atoms with E-state index >= 15 is 0 Å². The van der Waals surface area contributed by atoms with Crippen molar-refractivity contribution in [1.29, 1.82) is 0 Å². The molecule has 0 unspecified atom stereocenters. The molecular weight excluding hydrogens is 460 g/mol. The highest BCUT2D eigenvalue weighted by Crippen LogP contribution is 2.33. The van der Waals surface area contributed by atoms with Crippen molar-refractivity contribution in [2.24, 2.45) is 0 Å². The minimum absolute atomic E-state index is 0.0278. The van der Waals surface area contributed by atoms with Crippen LogP contribution in [0.5, 0.6) is 11.5 Å². The van der Waals surface area contributed by atoms with Crippen molar-refractivity contribution in [1.82, 2.24) is 0 Å². The van der Waals surface area contributed by atoms with Gasteiger partial charge in [-0.3, -0.25) is 9.10 Å². The minimum Gasteiger partial charge on any atom is -0.493 e. The molecule has 0 aliphatic heterocycles. The smallest absolute Gasteiger partial charge is 0.337 e. The van der Waals surface area contributed by atoms with Crippen molar-refractivity contribution in [2.45, 2.75) is 4.90 Å². The lowest BCUT2D eigenvalue weighted by atomic mass is 10.2. The Hall–Kier alpha value is -4.05. The summed E-state index contributed by atoms with van der Waals surface area (Å²) >= 11 is 0. The highest BCUT2D eigenvalue weighted by Gasteiger charge is 2.28. The van der Waals surface area contributed by atoms with Gasteiger partial charge in [-0.05, 0) is 48.5 Å². The molecule has 10 heteroatoms. The molecule has 3 aromatic rings. The largest absolute Gasteiger partial charge is 0.493 e. The Bertz CT molecular complexity index is 1260. The summed E-state index contributed by atoms with van der Waals surface area (Å²) in [5.74, 6) is -0.364. The third-order valence-electron chi connectivity index (χ3n) is 4.86. The van der Waals surface area contributed by atoms with Crippen LogP contribution in [0.3, 0.4) is 0 Å². The van der Waals surface area contributed by atoms with E-state index in [2.05, 4.69) is 10.1 Å². The van der Waals surface area contributed by atoms with Gasteiger partial charge in [-0.25, -0.2) is 13.2 Å². The third-order valence-corrected chi connectivity index (χ3v) is 6.65. The Morgan fingerprint density at radius 1 is 0.853 bits per heavy atom. The van der Waals surface area contributed by atoms with Crippen LogP contribution in [0.15, 0.2) is 77.7 Å². The fourth-order valence-corrected chi connectivity index (χ4v) is 4.59. The maximum atomic E-state index is 13.4. The molecular formula is C24H24N2O7S. The number of anilines is 2. The zero-order chi connectivity index (χ0) is 24.7. The Morgan fingerprint density at radius 3 is 2.09 bits per heavy atom. The van der Waals surface area contributed by atoms with Crippen LogP contribution in [0.1, 0.15) is 10.4 Å². The Labute approximate surface area is 197 Å². The van der Waals surface area contributed by atoms with E-state index in [1.165, 1.54) is 69.9 Å². The average Bonchev–Trinajstić information content (AvgIpc) is 2.87. The van der Waals surface area contributed by atoms with Gasteiger partial charge in [0.25, 0.3) is 10.0 Å². The van der Waals surface area contributed by atoms with Crippen molar-refractivity contribution < 1.29 is 32.2 Å². The van der Waals surface area contributed by atoms with Gasteiger partial charge in [0, 0.05) is 11.8 Å². The first-order valence-electron chi connectivity index (χ1n) is 10.1. The van der Waals surface area contributed by atoms with E-state index in [-0.39, 0.29) is 10.6 Å². The van der Waals surface area contributed by atoms with Gasteiger partial charge in [-0.15, -0.1) is 0 Å². The summed E-state index contributed by atoms with van der Waals surface area (Å²) in [7, 11) is 0.0794. The van der Waals surface area contributed by atoms with E-state index < -0.39 is 28.4 Å². The predicted octanol–water partition coefficient (Wildman–Crippen LogP) is 3.32. The molecule has 0 spiro atoms. The quantitative estimate of drug-likeness (QED) is 0.464. The molecule has 1 amide bonds. The predicted molar refractivity (Wildman–Crippen MR) is 127 cm³/mol. The van der Waals surface area contributed by atoms with Gasteiger partial charge in [0.2, 0.25) is 5.91 Å². The molecule has 0 saturated carbocycles.